The number of rotatable bonds is 14. The predicted octanol–water partition coefficient (Wildman–Crippen LogP) is 6.02. The molecule has 0 aliphatic heterocycles. The zero-order chi connectivity index (χ0) is 24.7. The van der Waals surface area contributed by atoms with Crippen LogP contribution in [0.4, 0.5) is 11.4 Å². The highest BCUT2D eigenvalue weighted by Crippen LogP contribution is 2.17. The van der Waals surface area contributed by atoms with E-state index in [0.717, 1.165) is 30.0 Å². The van der Waals surface area contributed by atoms with Gasteiger partial charge in [0.15, 0.2) is 0 Å². The molecular weight excluding hydrogens is 438 g/mol. The van der Waals surface area contributed by atoms with Crippen LogP contribution in [0.25, 0.3) is 0 Å². The average Bonchev–Trinajstić information content (AvgIpc) is 2.89. The van der Waals surface area contributed by atoms with Crippen LogP contribution >= 0.6 is 0 Å². The van der Waals surface area contributed by atoms with Crippen molar-refractivity contribution in [2.24, 2.45) is 0 Å². The number of hydrogen-bond acceptors (Lipinski definition) is 4. The first-order valence-electron chi connectivity index (χ1n) is 12.3. The van der Waals surface area contributed by atoms with Gasteiger partial charge in [0.1, 0.15) is 5.75 Å². The minimum absolute atomic E-state index is 0.113. The Morgan fingerprint density at radius 1 is 0.800 bits per heavy atom. The Balaban J connectivity index is 1.39. The number of carbonyl (C=O) groups excluding carboxylic acids is 2. The lowest BCUT2D eigenvalue weighted by atomic mass is 10.1. The Bertz CT molecular complexity index is 1050. The topological polar surface area (TPSA) is 79.5 Å². The molecule has 0 atom stereocenters. The van der Waals surface area contributed by atoms with E-state index in [0.29, 0.717) is 17.8 Å². The molecule has 0 saturated carbocycles. The lowest BCUT2D eigenvalue weighted by molar-refractivity contribution is -0.114. The van der Waals surface area contributed by atoms with Crippen molar-refractivity contribution in [3.63, 3.8) is 0 Å². The van der Waals surface area contributed by atoms with Gasteiger partial charge in [-0.25, -0.2) is 0 Å². The molecule has 0 aliphatic rings. The first-order chi connectivity index (χ1) is 17.1. The summed E-state index contributed by atoms with van der Waals surface area (Å²) in [5, 5.41) is 8.84. The van der Waals surface area contributed by atoms with Crippen LogP contribution in [-0.4, -0.2) is 25.0 Å². The van der Waals surface area contributed by atoms with Crippen molar-refractivity contribution >= 4 is 23.2 Å². The number of nitrogens with one attached hydrogen (secondary N) is 3. The second-order valence-corrected chi connectivity index (χ2v) is 8.44. The van der Waals surface area contributed by atoms with Gasteiger partial charge in [0.2, 0.25) is 5.91 Å². The van der Waals surface area contributed by atoms with Gasteiger partial charge < -0.3 is 20.7 Å². The molecular formula is C29H35N3O3. The van der Waals surface area contributed by atoms with Crippen LogP contribution in [0.5, 0.6) is 5.75 Å². The minimum atomic E-state index is -0.195. The fourth-order valence-electron chi connectivity index (χ4n) is 3.57. The molecule has 0 saturated heterocycles. The van der Waals surface area contributed by atoms with Gasteiger partial charge in [-0.2, -0.15) is 0 Å². The second kappa shape index (κ2) is 14.5. The lowest BCUT2D eigenvalue weighted by Gasteiger charge is -2.11. The summed E-state index contributed by atoms with van der Waals surface area (Å²) in [6.07, 6.45) is 6.05. The molecule has 0 bridgehead atoms. The highest BCUT2D eigenvalue weighted by Gasteiger charge is 2.08. The first kappa shape index (κ1) is 25.8. The number of amides is 2. The number of unbranched alkanes of at least 4 members (excludes halogenated alkanes) is 4. The van der Waals surface area contributed by atoms with E-state index >= 15 is 0 Å². The molecule has 0 radical (unpaired) electrons. The smallest absolute Gasteiger partial charge is 0.251 e. The van der Waals surface area contributed by atoms with Gasteiger partial charge in [-0.15, -0.1) is 0 Å². The van der Waals surface area contributed by atoms with Gasteiger partial charge in [0.25, 0.3) is 5.91 Å². The van der Waals surface area contributed by atoms with E-state index in [-0.39, 0.29) is 18.4 Å². The van der Waals surface area contributed by atoms with Crippen molar-refractivity contribution in [3.8, 4) is 5.75 Å². The van der Waals surface area contributed by atoms with E-state index in [1.54, 1.807) is 24.3 Å². The Morgan fingerprint density at radius 2 is 1.57 bits per heavy atom. The van der Waals surface area contributed by atoms with E-state index in [2.05, 4.69) is 22.9 Å². The molecule has 3 aromatic rings. The van der Waals surface area contributed by atoms with Gasteiger partial charge >= 0.3 is 0 Å². The number of benzene rings is 3. The molecule has 0 heterocycles. The third-order valence-electron chi connectivity index (χ3n) is 5.53. The van der Waals surface area contributed by atoms with Crippen molar-refractivity contribution in [2.45, 2.75) is 45.6 Å². The summed E-state index contributed by atoms with van der Waals surface area (Å²) in [4.78, 5) is 24.9. The van der Waals surface area contributed by atoms with Gasteiger partial charge in [-0.05, 0) is 54.4 Å². The lowest BCUT2D eigenvalue weighted by Crippen LogP contribution is -2.24. The summed E-state index contributed by atoms with van der Waals surface area (Å²) < 4.78 is 5.78. The van der Waals surface area contributed by atoms with Crippen LogP contribution in [0, 0.1) is 0 Å². The van der Waals surface area contributed by atoms with Crippen LogP contribution < -0.4 is 20.7 Å². The Labute approximate surface area is 208 Å². The highest BCUT2D eigenvalue weighted by atomic mass is 16.5. The molecule has 3 rings (SSSR count). The SMILES string of the molecule is CCCCCCCOc1ccc(NCC(=O)Nc2cccc(C(=O)NCc3ccccc3)c2)cc1. The summed E-state index contributed by atoms with van der Waals surface area (Å²) in [6, 6.07) is 24.3. The van der Waals surface area contributed by atoms with Crippen LogP contribution in [-0.2, 0) is 11.3 Å². The van der Waals surface area contributed by atoms with Crippen molar-refractivity contribution in [2.75, 3.05) is 23.8 Å². The fraction of sp³-hybridized carbons (Fsp3) is 0.310. The highest BCUT2D eigenvalue weighted by molar-refractivity contribution is 5.98. The minimum Gasteiger partial charge on any atom is -0.494 e. The maximum absolute atomic E-state index is 12.5. The van der Waals surface area contributed by atoms with Crippen molar-refractivity contribution in [3.05, 3.63) is 90.0 Å². The van der Waals surface area contributed by atoms with Crippen molar-refractivity contribution < 1.29 is 14.3 Å². The molecule has 2 amide bonds. The molecule has 6 nitrogen and oxygen atoms in total. The molecule has 3 aromatic carbocycles. The van der Waals surface area contributed by atoms with Gasteiger partial charge in [-0.3, -0.25) is 9.59 Å². The van der Waals surface area contributed by atoms with E-state index in [4.69, 9.17) is 4.74 Å². The zero-order valence-corrected chi connectivity index (χ0v) is 20.4. The molecule has 0 unspecified atom stereocenters. The van der Waals surface area contributed by atoms with Crippen LogP contribution in [0.3, 0.4) is 0 Å². The fourth-order valence-corrected chi connectivity index (χ4v) is 3.57. The number of carbonyl (C=O) groups is 2. The van der Waals surface area contributed by atoms with Crippen molar-refractivity contribution in [1.82, 2.24) is 5.32 Å². The van der Waals surface area contributed by atoms with E-state index in [1.165, 1.54) is 25.7 Å². The summed E-state index contributed by atoms with van der Waals surface area (Å²) in [6.45, 7) is 3.50. The van der Waals surface area contributed by atoms with E-state index in [1.807, 2.05) is 54.6 Å². The van der Waals surface area contributed by atoms with Crippen LogP contribution in [0.1, 0.15) is 54.9 Å². The molecule has 184 valence electrons. The Kier molecular flexibility index (Phi) is 10.7. The molecule has 3 N–H and O–H groups in total. The Hall–Kier alpha value is -3.80. The number of ether oxygens (including phenoxy) is 1. The van der Waals surface area contributed by atoms with Crippen LogP contribution in [0.15, 0.2) is 78.9 Å². The van der Waals surface area contributed by atoms with Gasteiger partial charge in [0, 0.05) is 23.5 Å². The monoisotopic (exact) mass is 473 g/mol. The second-order valence-electron chi connectivity index (χ2n) is 8.44. The normalized spacial score (nSPS) is 10.4. The third kappa shape index (κ3) is 9.53. The number of anilines is 2. The largest absolute Gasteiger partial charge is 0.494 e. The summed E-state index contributed by atoms with van der Waals surface area (Å²) >= 11 is 0. The molecule has 0 aliphatic carbocycles. The van der Waals surface area contributed by atoms with Gasteiger partial charge in [0.05, 0.1) is 13.2 Å². The third-order valence-corrected chi connectivity index (χ3v) is 5.53. The zero-order valence-electron chi connectivity index (χ0n) is 20.4. The quantitative estimate of drug-likeness (QED) is 0.250. The predicted molar refractivity (Wildman–Crippen MR) is 142 cm³/mol. The van der Waals surface area contributed by atoms with Crippen molar-refractivity contribution in [1.29, 1.82) is 0 Å². The molecule has 0 aromatic heterocycles. The molecule has 0 fully saturated rings. The molecule has 6 heteroatoms. The average molecular weight is 474 g/mol. The van der Waals surface area contributed by atoms with Gasteiger partial charge in [-0.1, -0.05) is 69.0 Å². The molecule has 0 spiro atoms. The summed E-state index contributed by atoms with van der Waals surface area (Å²) in [5.74, 6) is 0.448. The standard InChI is InChI=1S/C29H35N3O3/c1-2-3-4-5-9-19-35-27-17-15-25(16-18-27)30-22-28(33)32-26-14-10-13-24(20-26)29(34)31-21-23-11-7-6-8-12-23/h6-8,10-18,20,30H,2-5,9,19,21-22H2,1H3,(H,31,34)(H,32,33). The number of hydrogen-bond donors (Lipinski definition) is 3. The van der Waals surface area contributed by atoms with Crippen LogP contribution in [0.2, 0.25) is 0 Å². The maximum atomic E-state index is 12.5. The Morgan fingerprint density at radius 3 is 2.34 bits per heavy atom. The van der Waals surface area contributed by atoms with E-state index < -0.39 is 0 Å². The maximum Gasteiger partial charge on any atom is 0.251 e. The molecule has 35 heavy (non-hydrogen) atoms. The van der Waals surface area contributed by atoms with E-state index in [9.17, 15) is 9.59 Å². The summed E-state index contributed by atoms with van der Waals surface area (Å²) in [5.41, 5.74) is 2.93. The summed E-state index contributed by atoms with van der Waals surface area (Å²) in [7, 11) is 0. The first-order valence-corrected chi connectivity index (χ1v) is 12.3.